The van der Waals surface area contributed by atoms with Gasteiger partial charge in [0.05, 0.1) is 27.2 Å². The van der Waals surface area contributed by atoms with E-state index in [1.165, 1.54) is 76.5 Å². The average Bonchev–Trinajstić information content (AvgIpc) is 3.86. The van der Waals surface area contributed by atoms with Crippen LogP contribution in [-0.4, -0.2) is 4.98 Å². The fourth-order valence-corrected chi connectivity index (χ4v) is 12.4. The van der Waals surface area contributed by atoms with Gasteiger partial charge in [-0.2, -0.15) is 0 Å². The third-order valence-electron chi connectivity index (χ3n) is 13.9. The van der Waals surface area contributed by atoms with Crippen molar-refractivity contribution < 1.29 is 0 Å². The van der Waals surface area contributed by atoms with E-state index in [2.05, 4.69) is 252 Å². The first-order valence-electron chi connectivity index (χ1n) is 23.6. The van der Waals surface area contributed by atoms with Crippen molar-refractivity contribution in [3.63, 3.8) is 0 Å². The molecular formula is C64H51N3S. The lowest BCUT2D eigenvalue weighted by Gasteiger charge is -2.34. The van der Waals surface area contributed by atoms with E-state index >= 15 is 0 Å². The summed E-state index contributed by atoms with van der Waals surface area (Å²) in [6.07, 6.45) is 0. The number of hydrogen-bond acceptors (Lipinski definition) is 4. The summed E-state index contributed by atoms with van der Waals surface area (Å²) in [5.41, 5.74) is 20.4. The summed E-state index contributed by atoms with van der Waals surface area (Å²) in [4.78, 5) is 12.2. The van der Waals surface area contributed by atoms with Gasteiger partial charge in [0.15, 0.2) is 0 Å². The molecule has 1 aliphatic carbocycles. The van der Waals surface area contributed by atoms with Crippen LogP contribution in [0.1, 0.15) is 55.8 Å². The molecule has 328 valence electrons. The van der Waals surface area contributed by atoms with Crippen LogP contribution in [0, 0.1) is 41.5 Å². The van der Waals surface area contributed by atoms with Gasteiger partial charge in [-0.1, -0.05) is 157 Å². The van der Waals surface area contributed by atoms with Crippen LogP contribution < -0.4 is 9.80 Å². The van der Waals surface area contributed by atoms with Gasteiger partial charge < -0.3 is 9.80 Å². The molecular weight excluding hydrogens is 843 g/mol. The molecule has 0 unspecified atom stereocenters. The molecule has 0 radical (unpaired) electrons. The summed E-state index contributed by atoms with van der Waals surface area (Å²) >= 11 is 1.82. The van der Waals surface area contributed by atoms with Crippen molar-refractivity contribution in [2.45, 2.75) is 47.0 Å². The molecule has 0 aliphatic heterocycles. The lowest BCUT2D eigenvalue weighted by Crippen LogP contribution is -2.29. The number of rotatable bonds is 8. The Bertz CT molecular complexity index is 3660. The maximum Gasteiger partial charge on any atom is 0.127 e. The molecule has 0 N–H and O–H groups in total. The van der Waals surface area contributed by atoms with Crippen LogP contribution in [0.5, 0.6) is 0 Å². The van der Waals surface area contributed by atoms with Crippen molar-refractivity contribution in [3.8, 4) is 11.1 Å². The van der Waals surface area contributed by atoms with Gasteiger partial charge in [-0.05, 0) is 146 Å². The van der Waals surface area contributed by atoms with Crippen LogP contribution in [0.25, 0.3) is 42.2 Å². The monoisotopic (exact) mass is 893 g/mol. The number of fused-ring (bicyclic) bond motifs is 7. The summed E-state index contributed by atoms with van der Waals surface area (Å²) < 4.78 is 1.19. The second-order valence-corrected chi connectivity index (χ2v) is 19.8. The average molecular weight is 894 g/mol. The van der Waals surface area contributed by atoms with E-state index in [0.717, 1.165) is 55.6 Å². The third-order valence-corrected chi connectivity index (χ3v) is 15.0. The molecule has 12 rings (SSSR count). The number of hydrogen-bond donors (Lipinski definition) is 0. The van der Waals surface area contributed by atoms with E-state index in [0.29, 0.717) is 0 Å². The first kappa shape index (κ1) is 41.6. The molecule has 0 saturated carbocycles. The zero-order chi connectivity index (χ0) is 46.3. The molecule has 11 aromatic rings. The number of benzene rings is 9. The van der Waals surface area contributed by atoms with Gasteiger partial charge in [-0.3, -0.25) is 0 Å². The Morgan fingerprint density at radius 3 is 1.46 bits per heavy atom. The number of aromatic nitrogens is 1. The highest BCUT2D eigenvalue weighted by Gasteiger charge is 2.50. The van der Waals surface area contributed by atoms with E-state index in [-0.39, 0.29) is 0 Å². The number of anilines is 6. The standard InChI is InChI=1S/C64H51N3S/c1-40-25-29-49(30-26-40)66(51-35-42(3)33-43(4)36-51)59-53-22-14-13-17-46(53)39-55-58-60(67(50-31-27-41(2)28-32-50)52-37-44(5)34-45(6)38-52)57-54-23-15-16-24-56(54)64(47-18-9-7-10-19-47,48-20-11-8-12-21-48)62(57)65-63(58)68-61(55)59/h7-39H,1-6H3. The van der Waals surface area contributed by atoms with Crippen LogP contribution in [0.3, 0.4) is 0 Å². The van der Waals surface area contributed by atoms with Crippen molar-refractivity contribution in [1.29, 1.82) is 0 Å². The summed E-state index contributed by atoms with van der Waals surface area (Å²) in [5.74, 6) is 0. The van der Waals surface area contributed by atoms with E-state index < -0.39 is 5.41 Å². The lowest BCUT2D eigenvalue weighted by atomic mass is 9.69. The SMILES string of the molecule is Cc1ccc(N(c2cc(C)cc(C)c2)c2c3ccccc3cc3c2sc2nc4c(c(N(c5ccc(C)cc5)c5cc(C)cc(C)c5)c23)-c2ccccc2C4(c2ccccc2)c2ccccc2)cc1. The highest BCUT2D eigenvalue weighted by molar-refractivity contribution is 7.26. The highest BCUT2D eigenvalue weighted by Crippen LogP contribution is 2.62. The first-order valence-corrected chi connectivity index (χ1v) is 24.4. The minimum absolute atomic E-state index is 0.713. The van der Waals surface area contributed by atoms with Crippen molar-refractivity contribution in [2.75, 3.05) is 9.80 Å². The topological polar surface area (TPSA) is 19.4 Å². The van der Waals surface area contributed by atoms with Gasteiger partial charge in [-0.25, -0.2) is 4.98 Å². The Hall–Kier alpha value is -7.79. The van der Waals surface area contributed by atoms with Crippen LogP contribution in [0.2, 0.25) is 0 Å². The molecule has 0 fully saturated rings. The van der Waals surface area contributed by atoms with Gasteiger partial charge in [0.25, 0.3) is 0 Å². The maximum atomic E-state index is 6.14. The number of pyridine rings is 1. The lowest BCUT2D eigenvalue weighted by molar-refractivity contribution is 0.743. The van der Waals surface area contributed by atoms with E-state index in [1.807, 2.05) is 11.3 Å². The Balaban J connectivity index is 1.32. The molecule has 0 spiro atoms. The fraction of sp³-hybridized carbons (Fsp3) is 0.109. The van der Waals surface area contributed by atoms with Crippen LogP contribution >= 0.6 is 11.3 Å². The fourth-order valence-electron chi connectivity index (χ4n) is 11.2. The zero-order valence-electron chi connectivity index (χ0n) is 39.3. The Kier molecular flexibility index (Phi) is 9.93. The first-order chi connectivity index (χ1) is 33.2. The van der Waals surface area contributed by atoms with Gasteiger partial charge in [0, 0.05) is 44.5 Å². The van der Waals surface area contributed by atoms with Gasteiger partial charge in [0.1, 0.15) is 4.83 Å². The summed E-state index contributed by atoms with van der Waals surface area (Å²) in [7, 11) is 0. The minimum atomic E-state index is -0.713. The smallest absolute Gasteiger partial charge is 0.127 e. The zero-order valence-corrected chi connectivity index (χ0v) is 40.1. The minimum Gasteiger partial charge on any atom is -0.309 e. The Morgan fingerprint density at radius 1 is 0.412 bits per heavy atom. The molecule has 0 bridgehead atoms. The third kappa shape index (κ3) is 6.58. The normalized spacial score (nSPS) is 12.7. The predicted molar refractivity (Wildman–Crippen MR) is 290 cm³/mol. The predicted octanol–water partition coefficient (Wildman–Crippen LogP) is 17.8. The van der Waals surface area contributed by atoms with Gasteiger partial charge in [0.2, 0.25) is 0 Å². The Labute approximate surface area is 403 Å². The van der Waals surface area contributed by atoms with E-state index in [9.17, 15) is 0 Å². The summed E-state index contributed by atoms with van der Waals surface area (Å²) in [6, 6.07) is 74.6. The second kappa shape index (κ2) is 16.2. The largest absolute Gasteiger partial charge is 0.309 e. The summed E-state index contributed by atoms with van der Waals surface area (Å²) in [5, 5.41) is 4.70. The molecule has 1 aliphatic rings. The highest BCUT2D eigenvalue weighted by atomic mass is 32.1. The van der Waals surface area contributed by atoms with Crippen LogP contribution in [-0.2, 0) is 5.41 Å². The number of thiophene rings is 1. The van der Waals surface area contributed by atoms with Crippen molar-refractivity contribution in [2.24, 2.45) is 0 Å². The molecule has 0 atom stereocenters. The molecule has 0 amide bonds. The second-order valence-electron chi connectivity index (χ2n) is 18.9. The number of aryl methyl sites for hydroxylation is 6. The molecule has 9 aromatic carbocycles. The van der Waals surface area contributed by atoms with Crippen LogP contribution in [0.15, 0.2) is 200 Å². The number of nitrogens with zero attached hydrogens (tertiary/aromatic N) is 3. The van der Waals surface area contributed by atoms with E-state index in [1.54, 1.807) is 0 Å². The van der Waals surface area contributed by atoms with Gasteiger partial charge >= 0.3 is 0 Å². The van der Waals surface area contributed by atoms with Crippen molar-refractivity contribution in [3.05, 3.63) is 256 Å². The maximum absolute atomic E-state index is 6.14. The van der Waals surface area contributed by atoms with Gasteiger partial charge in [-0.15, -0.1) is 11.3 Å². The molecule has 2 aromatic heterocycles. The molecule has 3 nitrogen and oxygen atoms in total. The molecule has 0 saturated heterocycles. The Morgan fingerprint density at radius 2 is 0.897 bits per heavy atom. The molecule has 68 heavy (non-hydrogen) atoms. The molecule has 2 heterocycles. The quantitative estimate of drug-likeness (QED) is 0.151. The van der Waals surface area contributed by atoms with E-state index in [4.69, 9.17) is 4.98 Å². The van der Waals surface area contributed by atoms with Crippen LogP contribution in [0.4, 0.5) is 34.1 Å². The van der Waals surface area contributed by atoms with Crippen molar-refractivity contribution in [1.82, 2.24) is 4.98 Å². The van der Waals surface area contributed by atoms with Crippen molar-refractivity contribution >= 4 is 76.5 Å². The molecule has 4 heteroatoms. The summed E-state index contributed by atoms with van der Waals surface area (Å²) in [6.45, 7) is 13.2.